The summed E-state index contributed by atoms with van der Waals surface area (Å²) in [6.07, 6.45) is 3.55. The maximum Gasteiger partial charge on any atom is 0.246 e. The second-order valence-corrected chi connectivity index (χ2v) is 8.04. The van der Waals surface area contributed by atoms with E-state index in [9.17, 15) is 9.18 Å². The Labute approximate surface area is 191 Å². The standard InChI is InChI=1S/C24H26FN3O3S/c1-30-21-10-6-19(7-11-21)22-12-14-27-24(28-22)32-15-3-2-13-26-23(29)17-31-16-18-4-8-20(25)9-5-18/h4-12,14H,2-3,13,15-17H2,1H3,(H,26,29). The number of aromatic nitrogens is 2. The second-order valence-electron chi connectivity index (χ2n) is 6.98. The summed E-state index contributed by atoms with van der Waals surface area (Å²) in [5, 5.41) is 3.57. The van der Waals surface area contributed by atoms with Crippen molar-refractivity contribution >= 4 is 17.7 Å². The fraction of sp³-hybridized carbons (Fsp3) is 0.292. The lowest BCUT2D eigenvalue weighted by atomic mass is 10.1. The zero-order valence-corrected chi connectivity index (χ0v) is 18.7. The van der Waals surface area contributed by atoms with Crippen molar-refractivity contribution in [2.45, 2.75) is 24.6 Å². The number of unbranched alkanes of at least 4 members (excludes halogenated alkanes) is 1. The number of nitrogens with zero attached hydrogens (tertiary/aromatic N) is 2. The van der Waals surface area contributed by atoms with Crippen molar-refractivity contribution in [2.24, 2.45) is 0 Å². The minimum atomic E-state index is -0.291. The molecule has 8 heteroatoms. The van der Waals surface area contributed by atoms with E-state index in [-0.39, 0.29) is 24.9 Å². The average Bonchev–Trinajstić information content (AvgIpc) is 2.83. The van der Waals surface area contributed by atoms with Gasteiger partial charge in [-0.15, -0.1) is 0 Å². The minimum Gasteiger partial charge on any atom is -0.497 e. The van der Waals surface area contributed by atoms with E-state index in [2.05, 4.69) is 15.3 Å². The summed E-state index contributed by atoms with van der Waals surface area (Å²) in [6.45, 7) is 0.851. The van der Waals surface area contributed by atoms with Gasteiger partial charge in [-0.2, -0.15) is 0 Å². The Balaban J connectivity index is 1.29. The predicted octanol–water partition coefficient (Wildman–Crippen LogP) is 4.50. The summed E-state index contributed by atoms with van der Waals surface area (Å²) in [4.78, 5) is 20.8. The van der Waals surface area contributed by atoms with Crippen molar-refractivity contribution < 1.29 is 18.7 Å². The zero-order chi connectivity index (χ0) is 22.6. The highest BCUT2D eigenvalue weighted by Crippen LogP contribution is 2.23. The number of methoxy groups -OCH3 is 1. The Morgan fingerprint density at radius 1 is 1.06 bits per heavy atom. The highest BCUT2D eigenvalue weighted by molar-refractivity contribution is 7.99. The lowest BCUT2D eigenvalue weighted by Crippen LogP contribution is -2.28. The molecule has 1 aromatic heterocycles. The monoisotopic (exact) mass is 455 g/mol. The van der Waals surface area contributed by atoms with E-state index in [0.717, 1.165) is 46.3 Å². The predicted molar refractivity (Wildman–Crippen MR) is 123 cm³/mol. The molecule has 0 aliphatic rings. The average molecular weight is 456 g/mol. The Kier molecular flexibility index (Phi) is 9.46. The van der Waals surface area contributed by atoms with Crippen molar-refractivity contribution in [3.63, 3.8) is 0 Å². The summed E-state index contributed by atoms with van der Waals surface area (Å²) >= 11 is 1.60. The van der Waals surface area contributed by atoms with Gasteiger partial charge in [-0.25, -0.2) is 14.4 Å². The molecule has 32 heavy (non-hydrogen) atoms. The number of hydrogen-bond acceptors (Lipinski definition) is 6. The molecular weight excluding hydrogens is 429 g/mol. The summed E-state index contributed by atoms with van der Waals surface area (Å²) < 4.78 is 23.4. The first-order valence-corrected chi connectivity index (χ1v) is 11.3. The van der Waals surface area contributed by atoms with E-state index in [0.29, 0.717) is 6.54 Å². The summed E-state index contributed by atoms with van der Waals surface area (Å²) in [5.74, 6) is 1.23. The van der Waals surface area contributed by atoms with Crippen LogP contribution in [0.1, 0.15) is 18.4 Å². The molecule has 0 radical (unpaired) electrons. The first-order valence-electron chi connectivity index (χ1n) is 10.3. The van der Waals surface area contributed by atoms with Crippen LogP contribution in [0.15, 0.2) is 66.0 Å². The van der Waals surface area contributed by atoms with Crippen LogP contribution in [-0.2, 0) is 16.1 Å². The topological polar surface area (TPSA) is 73.3 Å². The van der Waals surface area contributed by atoms with Crippen molar-refractivity contribution in [3.05, 3.63) is 72.2 Å². The van der Waals surface area contributed by atoms with Crippen LogP contribution in [0.2, 0.25) is 0 Å². The molecule has 2 aromatic carbocycles. The molecule has 6 nitrogen and oxygen atoms in total. The fourth-order valence-electron chi connectivity index (χ4n) is 2.84. The van der Waals surface area contributed by atoms with E-state index in [4.69, 9.17) is 9.47 Å². The van der Waals surface area contributed by atoms with Gasteiger partial charge in [0.1, 0.15) is 18.2 Å². The van der Waals surface area contributed by atoms with Gasteiger partial charge in [0.15, 0.2) is 5.16 Å². The second kappa shape index (κ2) is 12.8. The van der Waals surface area contributed by atoms with Gasteiger partial charge in [-0.05, 0) is 60.9 Å². The van der Waals surface area contributed by atoms with Crippen molar-refractivity contribution in [2.75, 3.05) is 26.0 Å². The Morgan fingerprint density at radius 3 is 2.59 bits per heavy atom. The third-order valence-corrected chi connectivity index (χ3v) is 5.51. The molecule has 3 rings (SSSR count). The van der Waals surface area contributed by atoms with Crippen LogP contribution in [-0.4, -0.2) is 41.9 Å². The number of ether oxygens (including phenoxy) is 2. The van der Waals surface area contributed by atoms with Gasteiger partial charge in [-0.1, -0.05) is 23.9 Å². The number of carbonyl (C=O) groups excluding carboxylic acids is 1. The first-order chi connectivity index (χ1) is 15.6. The molecule has 0 aliphatic heterocycles. The molecular formula is C24H26FN3O3S. The summed E-state index contributed by atoms with van der Waals surface area (Å²) in [5.41, 5.74) is 2.71. The van der Waals surface area contributed by atoms with Gasteiger partial charge >= 0.3 is 0 Å². The summed E-state index contributed by atoms with van der Waals surface area (Å²) in [6, 6.07) is 15.7. The van der Waals surface area contributed by atoms with E-state index in [1.807, 2.05) is 30.3 Å². The van der Waals surface area contributed by atoms with Gasteiger partial charge in [-0.3, -0.25) is 4.79 Å². The lowest BCUT2D eigenvalue weighted by Gasteiger charge is -2.07. The van der Waals surface area contributed by atoms with Crippen LogP contribution >= 0.6 is 11.8 Å². The Hall–Kier alpha value is -2.97. The number of hydrogen-bond donors (Lipinski definition) is 1. The molecule has 0 bridgehead atoms. The lowest BCUT2D eigenvalue weighted by molar-refractivity contribution is -0.126. The van der Waals surface area contributed by atoms with Crippen LogP contribution in [0.25, 0.3) is 11.3 Å². The highest BCUT2D eigenvalue weighted by Gasteiger charge is 2.05. The van der Waals surface area contributed by atoms with Crippen LogP contribution in [0, 0.1) is 5.82 Å². The number of amides is 1. The van der Waals surface area contributed by atoms with Crippen molar-refractivity contribution in [1.29, 1.82) is 0 Å². The molecule has 0 unspecified atom stereocenters. The van der Waals surface area contributed by atoms with Gasteiger partial charge in [0, 0.05) is 24.1 Å². The van der Waals surface area contributed by atoms with E-state index in [1.54, 1.807) is 37.2 Å². The molecule has 0 aliphatic carbocycles. The quantitative estimate of drug-likeness (QED) is 0.246. The van der Waals surface area contributed by atoms with Crippen LogP contribution in [0.5, 0.6) is 5.75 Å². The number of benzene rings is 2. The van der Waals surface area contributed by atoms with Crippen LogP contribution in [0.4, 0.5) is 4.39 Å². The molecule has 0 atom stereocenters. The van der Waals surface area contributed by atoms with E-state index < -0.39 is 0 Å². The maximum absolute atomic E-state index is 12.9. The zero-order valence-electron chi connectivity index (χ0n) is 17.9. The molecule has 3 aromatic rings. The molecule has 1 N–H and O–H groups in total. The van der Waals surface area contributed by atoms with Gasteiger partial charge in [0.25, 0.3) is 0 Å². The van der Waals surface area contributed by atoms with Crippen molar-refractivity contribution in [3.8, 4) is 17.0 Å². The molecule has 0 saturated heterocycles. The molecule has 0 spiro atoms. The molecule has 168 valence electrons. The largest absolute Gasteiger partial charge is 0.497 e. The third kappa shape index (κ3) is 7.94. The minimum absolute atomic E-state index is 0.0158. The third-order valence-electron chi connectivity index (χ3n) is 4.56. The normalized spacial score (nSPS) is 10.7. The van der Waals surface area contributed by atoms with E-state index >= 15 is 0 Å². The number of nitrogens with one attached hydrogen (secondary N) is 1. The van der Waals surface area contributed by atoms with E-state index in [1.165, 1.54) is 12.1 Å². The molecule has 1 heterocycles. The van der Waals surface area contributed by atoms with Crippen LogP contribution < -0.4 is 10.1 Å². The SMILES string of the molecule is COc1ccc(-c2ccnc(SCCCCNC(=O)COCc3ccc(F)cc3)n2)cc1. The van der Waals surface area contributed by atoms with Gasteiger partial charge < -0.3 is 14.8 Å². The fourth-order valence-corrected chi connectivity index (χ4v) is 3.67. The Bertz CT molecular complexity index is 985. The first kappa shape index (κ1) is 23.7. The molecule has 0 saturated carbocycles. The number of carbonyl (C=O) groups is 1. The smallest absolute Gasteiger partial charge is 0.246 e. The Morgan fingerprint density at radius 2 is 1.84 bits per heavy atom. The molecule has 1 amide bonds. The van der Waals surface area contributed by atoms with Gasteiger partial charge in [0.05, 0.1) is 19.4 Å². The summed E-state index contributed by atoms with van der Waals surface area (Å²) in [7, 11) is 1.64. The van der Waals surface area contributed by atoms with Crippen LogP contribution in [0.3, 0.4) is 0 Å². The molecule has 0 fully saturated rings. The van der Waals surface area contributed by atoms with Crippen molar-refractivity contribution in [1.82, 2.24) is 15.3 Å². The number of rotatable bonds is 12. The maximum atomic E-state index is 12.9. The number of thioether (sulfide) groups is 1. The highest BCUT2D eigenvalue weighted by atomic mass is 32.2. The number of halogens is 1. The van der Waals surface area contributed by atoms with Gasteiger partial charge in [0.2, 0.25) is 5.91 Å².